The average molecular weight is 220 g/mol. The third kappa shape index (κ3) is 3.19. The van der Waals surface area contributed by atoms with E-state index in [1.807, 2.05) is 0 Å². The first-order valence-electron chi connectivity index (χ1n) is 3.64. The van der Waals surface area contributed by atoms with E-state index in [-0.39, 0.29) is 36.5 Å². The van der Waals surface area contributed by atoms with E-state index >= 15 is 0 Å². The molecule has 0 aromatic heterocycles. The molecule has 3 nitrogen and oxygen atoms in total. The molecule has 0 aliphatic carbocycles. The second-order valence-electron chi connectivity index (χ2n) is 2.48. The molecule has 0 fully saturated rings. The molecule has 0 bridgehead atoms. The molecule has 1 unspecified atom stereocenters. The fraction of sp³-hybridized carbons (Fsp3) is 0. The summed E-state index contributed by atoms with van der Waals surface area (Å²) in [6.07, 6.45) is 0. The van der Waals surface area contributed by atoms with Crippen LogP contribution in [-0.2, 0) is 4.57 Å². The van der Waals surface area contributed by atoms with Crippen molar-refractivity contribution in [3.05, 3.63) is 48.3 Å². The van der Waals surface area contributed by atoms with E-state index in [2.05, 4.69) is 6.58 Å². The van der Waals surface area contributed by atoms with E-state index < -0.39 is 12.9 Å². The smallest absolute Gasteiger partial charge is 1.00 e. The summed E-state index contributed by atoms with van der Waals surface area (Å²) >= 11 is 0. The summed E-state index contributed by atoms with van der Waals surface area (Å²) in [5.41, 5.74) is -0.545. The van der Waals surface area contributed by atoms with Crippen molar-refractivity contribution in [1.82, 2.24) is 0 Å². The minimum atomic E-state index is -3.86. The van der Waals surface area contributed by atoms with E-state index in [0.29, 0.717) is 0 Å². The molecule has 0 heterocycles. The van der Waals surface area contributed by atoms with Crippen LogP contribution in [0.5, 0.6) is 0 Å². The number of carbonyl (C=O) groups is 1. The Morgan fingerprint density at radius 1 is 1.43 bits per heavy atom. The van der Waals surface area contributed by atoms with Crippen molar-refractivity contribution in [3.63, 3.8) is 0 Å². The first-order chi connectivity index (χ1) is 6.08. The van der Waals surface area contributed by atoms with Crippen LogP contribution in [0, 0.1) is 0 Å². The maximum Gasteiger partial charge on any atom is 1.00 e. The van der Waals surface area contributed by atoms with E-state index in [1.165, 1.54) is 12.1 Å². The first-order valence-corrected chi connectivity index (χ1v) is 5.37. The largest absolute Gasteiger partial charge is 1.00 e. The minimum Gasteiger partial charge on any atom is -1.00 e. The summed E-state index contributed by atoms with van der Waals surface area (Å²) in [6.45, 7) is 3.14. The first kappa shape index (κ1) is 13.8. The quantitative estimate of drug-likeness (QED) is 0.544. The van der Waals surface area contributed by atoms with Crippen molar-refractivity contribution in [1.29, 1.82) is 0 Å². The minimum absolute atomic E-state index is 0. The normalized spacial score (nSPS) is 13.5. The topological polar surface area (TPSA) is 54.4 Å². The third-order valence-electron chi connectivity index (χ3n) is 1.56. The maximum absolute atomic E-state index is 11.3. The molecule has 1 N–H and O–H groups in total. The number of hydrogen-bond acceptors (Lipinski definition) is 2. The van der Waals surface area contributed by atoms with Crippen LogP contribution in [0.2, 0.25) is 0 Å². The van der Waals surface area contributed by atoms with E-state index in [1.54, 1.807) is 18.2 Å². The van der Waals surface area contributed by atoms with Gasteiger partial charge in [0.05, 0.1) is 0 Å². The molecule has 0 aliphatic heterocycles. The van der Waals surface area contributed by atoms with Gasteiger partial charge in [0.2, 0.25) is 0 Å². The van der Waals surface area contributed by atoms with Crippen LogP contribution < -0.4 is 29.6 Å². The van der Waals surface area contributed by atoms with Crippen LogP contribution in [-0.4, -0.2) is 10.4 Å². The monoisotopic (exact) mass is 220 g/mol. The van der Waals surface area contributed by atoms with Gasteiger partial charge in [0.25, 0.3) is 12.9 Å². The summed E-state index contributed by atoms with van der Waals surface area (Å²) in [7, 11) is -3.86. The molecule has 0 saturated heterocycles. The van der Waals surface area contributed by atoms with Gasteiger partial charge in [0.1, 0.15) is 0 Å². The molecule has 0 saturated carbocycles. The molecule has 1 rings (SSSR count). The predicted molar refractivity (Wildman–Crippen MR) is 51.9 cm³/mol. The Bertz CT molecular complexity index is 380. The Kier molecular flexibility index (Phi) is 5.57. The Balaban J connectivity index is 0. The fourth-order valence-electron chi connectivity index (χ4n) is 0.849. The van der Waals surface area contributed by atoms with Crippen molar-refractivity contribution in [2.75, 3.05) is 0 Å². The van der Waals surface area contributed by atoms with Crippen molar-refractivity contribution >= 4 is 12.9 Å². The Hall–Kier alpha value is -0.180. The van der Waals surface area contributed by atoms with Gasteiger partial charge in [-0.1, -0.05) is 36.9 Å². The van der Waals surface area contributed by atoms with Crippen LogP contribution in [0.1, 0.15) is 11.8 Å². The zero-order valence-corrected chi connectivity index (χ0v) is 10.8. The Morgan fingerprint density at radius 2 is 1.93 bits per heavy atom. The van der Waals surface area contributed by atoms with E-state index in [0.717, 1.165) is 5.82 Å². The summed E-state index contributed by atoms with van der Waals surface area (Å²) in [5, 5.41) is 0. The van der Waals surface area contributed by atoms with Gasteiger partial charge in [-0.2, -0.15) is 0 Å². The molecule has 14 heavy (non-hydrogen) atoms. The zero-order chi connectivity index (χ0) is 9.90. The van der Waals surface area contributed by atoms with Gasteiger partial charge in [0.15, 0.2) is 0 Å². The van der Waals surface area contributed by atoms with Crippen LogP contribution in [0.3, 0.4) is 0 Å². The fourth-order valence-corrected chi connectivity index (χ4v) is 1.53. The van der Waals surface area contributed by atoms with Gasteiger partial charge in [-0.3, -0.25) is 9.36 Å². The van der Waals surface area contributed by atoms with Gasteiger partial charge in [-0.15, -0.1) is 0 Å². The van der Waals surface area contributed by atoms with Gasteiger partial charge >= 0.3 is 29.6 Å². The molecule has 0 radical (unpaired) electrons. The average Bonchev–Trinajstić information content (AvgIpc) is 2.18. The Morgan fingerprint density at radius 3 is 2.36 bits per heavy atom. The molecule has 70 valence electrons. The molecule has 0 spiro atoms. The van der Waals surface area contributed by atoms with Gasteiger partial charge < -0.3 is 6.32 Å². The van der Waals surface area contributed by atoms with Crippen LogP contribution in [0.4, 0.5) is 0 Å². The van der Waals surface area contributed by atoms with Crippen molar-refractivity contribution < 1.29 is 45.2 Å². The van der Waals surface area contributed by atoms with E-state index in [9.17, 15) is 9.36 Å². The number of benzene rings is 1. The van der Waals surface area contributed by atoms with Crippen molar-refractivity contribution in [3.8, 4) is 0 Å². The molecule has 1 aromatic carbocycles. The number of hydrogen-bond donors (Lipinski definition) is 1. The van der Waals surface area contributed by atoms with Crippen molar-refractivity contribution in [2.24, 2.45) is 0 Å². The summed E-state index contributed by atoms with van der Waals surface area (Å²) < 4.78 is 11.2. The SMILES string of the molecule is C=CP(=O)(O)C(=O)c1ccccc1.[H-].[Na+]. The summed E-state index contributed by atoms with van der Waals surface area (Å²) in [5.74, 6) is 0.794. The molecular weight excluding hydrogens is 210 g/mol. The predicted octanol–water partition coefficient (Wildman–Crippen LogP) is -0.643. The second-order valence-corrected chi connectivity index (χ2v) is 4.49. The summed E-state index contributed by atoms with van der Waals surface area (Å²) in [4.78, 5) is 20.4. The van der Waals surface area contributed by atoms with Gasteiger partial charge in [-0.05, 0) is 0 Å². The van der Waals surface area contributed by atoms with Crippen LogP contribution >= 0.6 is 7.37 Å². The maximum atomic E-state index is 11.3. The number of rotatable bonds is 3. The zero-order valence-electron chi connectivity index (χ0n) is 8.88. The number of carbonyl (C=O) groups excluding carboxylic acids is 1. The van der Waals surface area contributed by atoms with Gasteiger partial charge in [-0.25, -0.2) is 0 Å². The molecule has 1 aromatic rings. The Labute approximate surface area is 106 Å². The van der Waals surface area contributed by atoms with Crippen LogP contribution in [0.25, 0.3) is 0 Å². The molecule has 1 atom stereocenters. The van der Waals surface area contributed by atoms with Gasteiger partial charge in [0, 0.05) is 11.4 Å². The van der Waals surface area contributed by atoms with Crippen molar-refractivity contribution in [2.45, 2.75) is 0 Å². The third-order valence-corrected chi connectivity index (χ3v) is 2.89. The summed E-state index contributed by atoms with van der Waals surface area (Å²) in [6, 6.07) is 7.99. The van der Waals surface area contributed by atoms with E-state index in [4.69, 9.17) is 4.89 Å². The molecule has 0 amide bonds. The molecular formula is C9H10NaO3P. The standard InChI is InChI=1S/C9H9O3P.Na.H/c1-2-13(11,12)9(10)8-6-4-3-5-7-8;;/h2-7H,1H2,(H,11,12);;/q;+1;-1. The van der Waals surface area contributed by atoms with Crippen LogP contribution in [0.15, 0.2) is 42.7 Å². The second kappa shape index (κ2) is 5.64. The molecule has 0 aliphatic rings. The molecule has 5 heteroatoms.